The van der Waals surface area contributed by atoms with Gasteiger partial charge in [0.2, 0.25) is 5.91 Å². The first-order chi connectivity index (χ1) is 14.0. The van der Waals surface area contributed by atoms with Crippen molar-refractivity contribution in [2.45, 2.75) is 32.4 Å². The fourth-order valence-corrected chi connectivity index (χ4v) is 4.48. The van der Waals surface area contributed by atoms with E-state index in [-0.39, 0.29) is 17.4 Å². The number of halogens is 1. The molecule has 0 bridgehead atoms. The van der Waals surface area contributed by atoms with Crippen LogP contribution >= 0.6 is 11.6 Å². The molecule has 4 nitrogen and oxygen atoms in total. The Morgan fingerprint density at radius 1 is 1.07 bits per heavy atom. The molecule has 2 heterocycles. The molecule has 2 aliphatic heterocycles. The van der Waals surface area contributed by atoms with Gasteiger partial charge in [-0.25, -0.2) is 0 Å². The van der Waals surface area contributed by atoms with Gasteiger partial charge in [0.25, 0.3) is 0 Å². The lowest BCUT2D eigenvalue weighted by molar-refractivity contribution is -0.151. The summed E-state index contributed by atoms with van der Waals surface area (Å²) in [6.07, 6.45) is 1.73. The van der Waals surface area contributed by atoms with Gasteiger partial charge in [0.1, 0.15) is 6.10 Å². The third-order valence-electron chi connectivity index (χ3n) is 6.32. The predicted molar refractivity (Wildman–Crippen MR) is 116 cm³/mol. The number of likely N-dealkylation sites (tertiary alicyclic amines) is 1. The fourth-order valence-electron chi connectivity index (χ4n) is 4.35. The van der Waals surface area contributed by atoms with E-state index < -0.39 is 0 Å². The molecular formula is C24H29ClN2O2. The van der Waals surface area contributed by atoms with E-state index in [0.717, 1.165) is 38.0 Å². The monoisotopic (exact) mass is 412 g/mol. The summed E-state index contributed by atoms with van der Waals surface area (Å²) >= 11 is 6.00. The third kappa shape index (κ3) is 4.82. The first kappa shape index (κ1) is 20.4. The highest BCUT2D eigenvalue weighted by Crippen LogP contribution is 2.35. The lowest BCUT2D eigenvalue weighted by Crippen LogP contribution is -2.52. The van der Waals surface area contributed by atoms with E-state index in [4.69, 9.17) is 16.3 Å². The topological polar surface area (TPSA) is 32.8 Å². The maximum Gasteiger partial charge on any atom is 0.228 e. The molecule has 0 aliphatic carbocycles. The largest absolute Gasteiger partial charge is 0.370 e. The van der Waals surface area contributed by atoms with Crippen LogP contribution in [0.2, 0.25) is 5.02 Å². The van der Waals surface area contributed by atoms with Crippen molar-refractivity contribution in [3.63, 3.8) is 0 Å². The second kappa shape index (κ2) is 8.86. The van der Waals surface area contributed by atoms with Crippen LogP contribution in [0, 0.1) is 5.41 Å². The molecule has 2 fully saturated rings. The van der Waals surface area contributed by atoms with E-state index in [0.29, 0.717) is 24.7 Å². The second-order valence-corrected chi connectivity index (χ2v) is 8.92. The summed E-state index contributed by atoms with van der Waals surface area (Å²) in [5, 5.41) is 0.715. The average molecular weight is 413 g/mol. The van der Waals surface area contributed by atoms with Gasteiger partial charge in [-0.15, -0.1) is 0 Å². The Kier molecular flexibility index (Phi) is 6.23. The molecule has 1 atom stereocenters. The number of carbonyl (C=O) groups is 1. The first-order valence-electron chi connectivity index (χ1n) is 10.5. The number of hydrogen-bond donors (Lipinski definition) is 0. The Balaban J connectivity index is 1.35. The van der Waals surface area contributed by atoms with Crippen molar-refractivity contribution in [3.8, 4) is 0 Å². The Morgan fingerprint density at radius 2 is 1.76 bits per heavy atom. The normalized spacial score (nSPS) is 22.4. The van der Waals surface area contributed by atoms with E-state index >= 15 is 0 Å². The van der Waals surface area contributed by atoms with Crippen LogP contribution in [-0.2, 0) is 16.1 Å². The lowest BCUT2D eigenvalue weighted by Gasteiger charge is -2.43. The number of ether oxygens (including phenoxy) is 1. The van der Waals surface area contributed by atoms with Crippen LogP contribution < -0.4 is 0 Å². The summed E-state index contributed by atoms with van der Waals surface area (Å²) in [5.74, 6) is 0.277. The number of rotatable bonds is 4. The van der Waals surface area contributed by atoms with Crippen LogP contribution in [0.5, 0.6) is 0 Å². The number of hydrogen-bond acceptors (Lipinski definition) is 3. The van der Waals surface area contributed by atoms with Crippen molar-refractivity contribution in [2.75, 3.05) is 32.8 Å². The van der Waals surface area contributed by atoms with Crippen molar-refractivity contribution in [3.05, 3.63) is 70.7 Å². The summed E-state index contributed by atoms with van der Waals surface area (Å²) in [5.41, 5.74) is 2.13. The van der Waals surface area contributed by atoms with Gasteiger partial charge >= 0.3 is 0 Å². The van der Waals surface area contributed by atoms with E-state index in [9.17, 15) is 4.79 Å². The standard InChI is InChI=1S/C24H29ClN2O2/c1-24(11-13-26(14-12-24)17-19-5-3-2-4-6-19)23(28)27-15-16-29-22(18-27)20-7-9-21(25)10-8-20/h2-10,22H,11-18H2,1H3/t22-/m0/s1. The summed E-state index contributed by atoms with van der Waals surface area (Å²) in [6.45, 7) is 6.89. The molecule has 0 spiro atoms. The highest BCUT2D eigenvalue weighted by Gasteiger charge is 2.41. The van der Waals surface area contributed by atoms with Crippen molar-refractivity contribution >= 4 is 17.5 Å². The van der Waals surface area contributed by atoms with Gasteiger partial charge in [0.05, 0.1) is 13.2 Å². The fraction of sp³-hybridized carbons (Fsp3) is 0.458. The maximum atomic E-state index is 13.4. The van der Waals surface area contributed by atoms with E-state index in [1.54, 1.807) is 0 Å². The van der Waals surface area contributed by atoms with Gasteiger partial charge in [0, 0.05) is 23.5 Å². The molecule has 4 rings (SSSR count). The van der Waals surface area contributed by atoms with Gasteiger partial charge in [-0.1, -0.05) is 61.0 Å². The van der Waals surface area contributed by atoms with Crippen LogP contribution in [0.3, 0.4) is 0 Å². The summed E-state index contributed by atoms with van der Waals surface area (Å²) in [7, 11) is 0. The van der Waals surface area contributed by atoms with Crippen LogP contribution in [0.4, 0.5) is 0 Å². The Hall–Kier alpha value is -1.88. The molecule has 154 valence electrons. The van der Waals surface area contributed by atoms with Gasteiger partial charge < -0.3 is 9.64 Å². The highest BCUT2D eigenvalue weighted by atomic mass is 35.5. The van der Waals surface area contributed by atoms with Crippen molar-refractivity contribution in [2.24, 2.45) is 5.41 Å². The minimum Gasteiger partial charge on any atom is -0.370 e. The molecule has 0 radical (unpaired) electrons. The number of carbonyl (C=O) groups excluding carboxylic acids is 1. The van der Waals surface area contributed by atoms with E-state index in [1.165, 1.54) is 5.56 Å². The molecule has 29 heavy (non-hydrogen) atoms. The van der Waals surface area contributed by atoms with Gasteiger partial charge in [-0.2, -0.15) is 0 Å². The summed E-state index contributed by atoms with van der Waals surface area (Å²) in [6, 6.07) is 18.3. The SMILES string of the molecule is CC1(C(=O)N2CCO[C@H](c3ccc(Cl)cc3)C2)CCN(Cc2ccccc2)CC1. The third-order valence-corrected chi connectivity index (χ3v) is 6.57. The zero-order valence-corrected chi connectivity index (χ0v) is 17.8. The van der Waals surface area contributed by atoms with Crippen LogP contribution in [0.15, 0.2) is 54.6 Å². The number of benzene rings is 2. The maximum absolute atomic E-state index is 13.4. The molecule has 2 aromatic carbocycles. The van der Waals surface area contributed by atoms with E-state index in [2.05, 4.69) is 42.2 Å². The van der Waals surface area contributed by atoms with Crippen LogP contribution in [0.25, 0.3) is 0 Å². The zero-order valence-electron chi connectivity index (χ0n) is 17.0. The van der Waals surface area contributed by atoms with Gasteiger partial charge in [-0.05, 0) is 49.2 Å². The zero-order chi connectivity index (χ0) is 20.3. The molecular weight excluding hydrogens is 384 g/mol. The molecule has 2 aliphatic rings. The number of amides is 1. The second-order valence-electron chi connectivity index (χ2n) is 8.48. The quantitative estimate of drug-likeness (QED) is 0.738. The van der Waals surface area contributed by atoms with Gasteiger partial charge in [-0.3, -0.25) is 9.69 Å². The molecule has 2 aromatic rings. The molecule has 1 amide bonds. The van der Waals surface area contributed by atoms with Crippen molar-refractivity contribution < 1.29 is 9.53 Å². The number of piperidine rings is 1. The Morgan fingerprint density at radius 3 is 2.45 bits per heavy atom. The molecule has 2 saturated heterocycles. The lowest BCUT2D eigenvalue weighted by atomic mass is 9.78. The van der Waals surface area contributed by atoms with Gasteiger partial charge in [0.15, 0.2) is 0 Å². The Bertz CT molecular complexity index is 817. The molecule has 5 heteroatoms. The minimum absolute atomic E-state index is 0.0771. The molecule has 0 unspecified atom stereocenters. The van der Waals surface area contributed by atoms with Crippen molar-refractivity contribution in [1.82, 2.24) is 9.80 Å². The van der Waals surface area contributed by atoms with Crippen molar-refractivity contribution in [1.29, 1.82) is 0 Å². The molecule has 0 N–H and O–H groups in total. The molecule has 0 saturated carbocycles. The molecule has 0 aromatic heterocycles. The van der Waals surface area contributed by atoms with Crippen LogP contribution in [0.1, 0.15) is 37.0 Å². The first-order valence-corrected chi connectivity index (χ1v) is 10.8. The average Bonchev–Trinajstić information content (AvgIpc) is 2.76. The minimum atomic E-state index is -0.283. The summed E-state index contributed by atoms with van der Waals surface area (Å²) < 4.78 is 5.94. The predicted octanol–water partition coefficient (Wildman–Crippen LogP) is 4.54. The van der Waals surface area contributed by atoms with Crippen LogP contribution in [-0.4, -0.2) is 48.5 Å². The van der Waals surface area contributed by atoms with E-state index in [1.807, 2.05) is 29.2 Å². The summed E-state index contributed by atoms with van der Waals surface area (Å²) in [4.78, 5) is 17.9. The smallest absolute Gasteiger partial charge is 0.228 e. The highest BCUT2D eigenvalue weighted by molar-refractivity contribution is 6.30. The Labute approximate surface area is 178 Å². The number of morpholine rings is 1. The number of nitrogens with zero attached hydrogens (tertiary/aromatic N) is 2.